The van der Waals surface area contributed by atoms with Crippen molar-refractivity contribution < 1.29 is 13.2 Å². The molecule has 1 aliphatic heterocycles. The average molecular weight is 459 g/mol. The van der Waals surface area contributed by atoms with Crippen LogP contribution >= 0.6 is 12.2 Å². The van der Waals surface area contributed by atoms with Gasteiger partial charge in [-0.3, -0.25) is 4.90 Å². The molecule has 0 bridgehead atoms. The Bertz CT molecular complexity index is 1220. The largest absolute Gasteiger partial charge is 0.496 e. The summed E-state index contributed by atoms with van der Waals surface area (Å²) in [5, 5.41) is 4.78. The monoisotopic (exact) mass is 458 g/mol. The topological polar surface area (TPSA) is 69.4 Å². The molecular formula is C22H26N4O3S2. The second-order valence-electron chi connectivity index (χ2n) is 7.80. The summed E-state index contributed by atoms with van der Waals surface area (Å²) in [5.41, 5.74) is 1.98. The number of para-hydroxylation sites is 1. The summed E-state index contributed by atoms with van der Waals surface area (Å²) >= 11 is 5.67. The number of methoxy groups -OCH3 is 1. The molecular weight excluding hydrogens is 432 g/mol. The van der Waals surface area contributed by atoms with E-state index in [1.807, 2.05) is 54.1 Å². The van der Waals surface area contributed by atoms with Crippen LogP contribution in [0.1, 0.15) is 12.0 Å². The fourth-order valence-corrected chi connectivity index (χ4v) is 5.94. The molecule has 0 radical (unpaired) electrons. The number of rotatable bonds is 7. The third-order valence-corrected chi connectivity index (χ3v) is 7.89. The van der Waals surface area contributed by atoms with Gasteiger partial charge in [0.25, 0.3) is 0 Å². The van der Waals surface area contributed by atoms with Crippen LogP contribution in [0, 0.1) is 4.77 Å². The number of ether oxygens (including phenoxy) is 1. The van der Waals surface area contributed by atoms with Crippen LogP contribution in [0.5, 0.6) is 5.75 Å². The van der Waals surface area contributed by atoms with Gasteiger partial charge in [0.1, 0.15) is 5.75 Å². The van der Waals surface area contributed by atoms with E-state index in [1.165, 1.54) is 0 Å². The second-order valence-corrected chi connectivity index (χ2v) is 10.4. The Morgan fingerprint density at radius 3 is 2.55 bits per heavy atom. The maximum absolute atomic E-state index is 12.1. The van der Waals surface area contributed by atoms with Gasteiger partial charge in [-0.05, 0) is 36.3 Å². The van der Waals surface area contributed by atoms with E-state index in [9.17, 15) is 8.42 Å². The van der Waals surface area contributed by atoms with Crippen LogP contribution < -0.4 is 4.74 Å². The minimum atomic E-state index is -3.01. The SMILES string of the molecule is COc1ccccc1-c1nn(CN(Cc2ccccc2)[C@H]2CCS(=O)(=O)C2)c(=S)n1C. The Morgan fingerprint density at radius 1 is 1.16 bits per heavy atom. The van der Waals surface area contributed by atoms with E-state index in [-0.39, 0.29) is 17.5 Å². The second kappa shape index (κ2) is 8.94. The predicted molar refractivity (Wildman–Crippen MR) is 123 cm³/mol. The highest BCUT2D eigenvalue weighted by Gasteiger charge is 2.33. The molecule has 164 valence electrons. The van der Waals surface area contributed by atoms with Gasteiger partial charge in [-0.25, -0.2) is 13.1 Å². The van der Waals surface area contributed by atoms with Gasteiger partial charge in [-0.1, -0.05) is 42.5 Å². The summed E-state index contributed by atoms with van der Waals surface area (Å²) in [7, 11) is 0.506. The van der Waals surface area contributed by atoms with Crippen molar-refractivity contribution in [2.45, 2.75) is 25.7 Å². The highest BCUT2D eigenvalue weighted by atomic mass is 32.2. The smallest absolute Gasteiger partial charge is 0.199 e. The van der Waals surface area contributed by atoms with Crippen molar-refractivity contribution in [1.29, 1.82) is 0 Å². The summed E-state index contributed by atoms with van der Waals surface area (Å²) in [6, 6.07) is 17.7. The summed E-state index contributed by atoms with van der Waals surface area (Å²) in [6.07, 6.45) is 0.620. The number of sulfone groups is 1. The Labute approximate surface area is 187 Å². The van der Waals surface area contributed by atoms with Crippen molar-refractivity contribution in [1.82, 2.24) is 19.2 Å². The zero-order valence-corrected chi connectivity index (χ0v) is 19.3. The van der Waals surface area contributed by atoms with Crippen LogP contribution in [0.2, 0.25) is 0 Å². The summed E-state index contributed by atoms with van der Waals surface area (Å²) < 4.78 is 34.0. The zero-order chi connectivity index (χ0) is 22.0. The van der Waals surface area contributed by atoms with Crippen LogP contribution in [0.4, 0.5) is 0 Å². The van der Waals surface area contributed by atoms with Crippen LogP contribution in [0.3, 0.4) is 0 Å². The van der Waals surface area contributed by atoms with Gasteiger partial charge in [0.2, 0.25) is 0 Å². The molecule has 4 rings (SSSR count). The molecule has 2 aromatic carbocycles. The van der Waals surface area contributed by atoms with Crippen LogP contribution in [0.15, 0.2) is 54.6 Å². The lowest BCUT2D eigenvalue weighted by molar-refractivity contribution is 0.146. The third-order valence-electron chi connectivity index (χ3n) is 5.66. The predicted octanol–water partition coefficient (Wildman–Crippen LogP) is 3.27. The first kappa shape index (κ1) is 21.7. The fourth-order valence-electron chi connectivity index (χ4n) is 3.99. The average Bonchev–Trinajstić information content (AvgIpc) is 3.27. The Hall–Kier alpha value is -2.49. The first-order valence-electron chi connectivity index (χ1n) is 10.1. The van der Waals surface area contributed by atoms with Crippen molar-refractivity contribution >= 4 is 22.1 Å². The highest BCUT2D eigenvalue weighted by Crippen LogP contribution is 2.28. The molecule has 0 amide bonds. The maximum atomic E-state index is 12.1. The van der Waals surface area contributed by atoms with Crippen molar-refractivity contribution in [3.8, 4) is 17.1 Å². The quantitative estimate of drug-likeness (QED) is 0.506. The molecule has 2 heterocycles. The number of nitrogens with zero attached hydrogens (tertiary/aromatic N) is 4. The van der Waals surface area contributed by atoms with Gasteiger partial charge < -0.3 is 9.30 Å². The summed E-state index contributed by atoms with van der Waals surface area (Å²) in [6.45, 7) is 1.04. The molecule has 9 heteroatoms. The molecule has 1 atom stereocenters. The third kappa shape index (κ3) is 4.73. The number of benzene rings is 2. The van der Waals surface area contributed by atoms with E-state index in [0.29, 0.717) is 30.2 Å². The normalized spacial score (nSPS) is 17.8. The van der Waals surface area contributed by atoms with E-state index in [0.717, 1.165) is 16.9 Å². The van der Waals surface area contributed by atoms with Gasteiger partial charge in [-0.2, -0.15) is 5.10 Å². The molecule has 1 saturated heterocycles. The summed E-state index contributed by atoms with van der Waals surface area (Å²) in [5.74, 6) is 1.82. The van der Waals surface area contributed by atoms with Crippen LogP contribution in [-0.2, 0) is 30.1 Å². The molecule has 1 aliphatic rings. The lowest BCUT2D eigenvalue weighted by Crippen LogP contribution is -2.37. The number of hydrogen-bond acceptors (Lipinski definition) is 6. The lowest BCUT2D eigenvalue weighted by Gasteiger charge is -2.27. The molecule has 7 nitrogen and oxygen atoms in total. The molecule has 0 aliphatic carbocycles. The molecule has 0 spiro atoms. The van der Waals surface area contributed by atoms with E-state index < -0.39 is 9.84 Å². The Kier molecular flexibility index (Phi) is 6.27. The summed E-state index contributed by atoms with van der Waals surface area (Å²) in [4.78, 5) is 2.16. The molecule has 0 unspecified atom stereocenters. The number of aromatic nitrogens is 3. The van der Waals surface area contributed by atoms with Crippen molar-refractivity contribution in [2.75, 3.05) is 18.6 Å². The van der Waals surface area contributed by atoms with E-state index in [4.69, 9.17) is 22.1 Å². The van der Waals surface area contributed by atoms with Gasteiger partial charge in [0.15, 0.2) is 20.4 Å². The fraction of sp³-hybridized carbons (Fsp3) is 0.364. The first-order chi connectivity index (χ1) is 14.9. The van der Waals surface area contributed by atoms with Crippen molar-refractivity contribution in [2.24, 2.45) is 7.05 Å². The number of hydrogen-bond donors (Lipinski definition) is 0. The highest BCUT2D eigenvalue weighted by molar-refractivity contribution is 7.91. The van der Waals surface area contributed by atoms with Crippen LogP contribution in [0.25, 0.3) is 11.4 Å². The van der Waals surface area contributed by atoms with Crippen molar-refractivity contribution in [3.63, 3.8) is 0 Å². The minimum absolute atomic E-state index is 0.0659. The minimum Gasteiger partial charge on any atom is -0.496 e. The maximum Gasteiger partial charge on any atom is 0.199 e. The molecule has 1 aromatic heterocycles. The molecule has 1 fully saturated rings. The molecule has 0 saturated carbocycles. The van der Waals surface area contributed by atoms with E-state index >= 15 is 0 Å². The van der Waals surface area contributed by atoms with Gasteiger partial charge in [0, 0.05) is 19.6 Å². The lowest BCUT2D eigenvalue weighted by atomic mass is 10.1. The molecule has 31 heavy (non-hydrogen) atoms. The van der Waals surface area contributed by atoms with E-state index in [2.05, 4.69) is 17.0 Å². The Balaban J connectivity index is 1.67. The Morgan fingerprint density at radius 2 is 1.87 bits per heavy atom. The van der Waals surface area contributed by atoms with Gasteiger partial charge >= 0.3 is 0 Å². The standard InChI is InChI=1S/C22H26N4O3S2/c1-24-21(19-10-6-7-11-20(19)29-2)23-26(22(24)30)16-25(14-17-8-4-3-5-9-17)18-12-13-31(27,28)15-18/h3-11,18H,12-16H2,1-2H3/t18-/m0/s1. The van der Waals surface area contributed by atoms with Crippen molar-refractivity contribution in [3.05, 3.63) is 64.9 Å². The van der Waals surface area contributed by atoms with Gasteiger partial charge in [0.05, 0.1) is 30.8 Å². The molecule has 0 N–H and O–H groups in total. The van der Waals surface area contributed by atoms with E-state index in [1.54, 1.807) is 11.8 Å². The van der Waals surface area contributed by atoms with Gasteiger partial charge in [-0.15, -0.1) is 0 Å². The first-order valence-corrected chi connectivity index (χ1v) is 12.4. The molecule has 3 aromatic rings. The van der Waals surface area contributed by atoms with Crippen LogP contribution in [-0.4, -0.2) is 52.3 Å². The zero-order valence-electron chi connectivity index (χ0n) is 17.6.